The Morgan fingerprint density at radius 1 is 0.379 bits per heavy atom. The topological polar surface area (TPSA) is 394 Å². The second kappa shape index (κ2) is 42.6. The number of carbonyl (C=O) groups excluding carboxylic acids is 9. The lowest BCUT2D eigenvalue weighted by Gasteiger charge is -2.17. The number of aliphatic hydroxyl groups is 4. The number of carbonyl (C=O) groups is 10. The number of ketones is 2. The molecule has 0 unspecified atom stereocenters. The molecule has 0 bridgehead atoms. The number of fused-ring (bicyclic) bond motifs is 2. The molecule has 0 amide bonds. The Kier molecular flexibility index (Phi) is 33.6. The van der Waals surface area contributed by atoms with Crippen LogP contribution in [0, 0.1) is 0 Å². The number of allylic oxidation sites excluding steroid dienone is 2. The van der Waals surface area contributed by atoms with Gasteiger partial charge in [-0.25, -0.2) is 28.8 Å². The van der Waals surface area contributed by atoms with Crippen molar-refractivity contribution in [1.82, 2.24) is 0 Å². The number of hydrogen-bond acceptors (Lipinski definition) is 26. The minimum atomic E-state index is -1.02. The van der Waals surface area contributed by atoms with E-state index in [-0.39, 0.29) is 105 Å². The van der Waals surface area contributed by atoms with Gasteiger partial charge >= 0.3 is 47.8 Å². The summed E-state index contributed by atoms with van der Waals surface area (Å²) < 4.78 is 60.8. The highest BCUT2D eigenvalue weighted by atomic mass is 16.7. The summed E-state index contributed by atoms with van der Waals surface area (Å²) in [4.78, 5) is 116. The summed E-state index contributed by atoms with van der Waals surface area (Å²) >= 11 is 0. The van der Waals surface area contributed by atoms with Crippen LogP contribution >= 0.6 is 0 Å². The van der Waals surface area contributed by atoms with Crippen molar-refractivity contribution in [3.63, 3.8) is 0 Å². The second-order valence-electron chi connectivity index (χ2n) is 23.1. The van der Waals surface area contributed by atoms with Gasteiger partial charge < -0.3 is 82.7 Å². The zero-order valence-corrected chi connectivity index (χ0v) is 56.6. The van der Waals surface area contributed by atoms with E-state index in [1.54, 1.807) is 48.5 Å². The van der Waals surface area contributed by atoms with Crippen LogP contribution in [-0.2, 0) is 70.3 Å². The first kappa shape index (κ1) is 81.3. The smallest absolute Gasteiger partial charge is 0.343 e. The monoisotopic (exact) mass is 1430 g/mol. The van der Waals surface area contributed by atoms with Gasteiger partial charge in [-0.2, -0.15) is 0 Å². The average Bonchev–Trinajstić information content (AvgIpc) is 1.65. The largest absolute Gasteiger partial charge is 0.508 e. The number of phenols is 1. The second-order valence-corrected chi connectivity index (χ2v) is 23.1. The lowest BCUT2D eigenvalue weighted by Crippen LogP contribution is -2.36. The first-order valence-electron chi connectivity index (χ1n) is 32.7. The molecule has 4 heterocycles. The van der Waals surface area contributed by atoms with Gasteiger partial charge in [0.05, 0.1) is 73.0 Å². The fourth-order valence-corrected chi connectivity index (χ4v) is 9.80. The molecule has 0 saturated carbocycles. The van der Waals surface area contributed by atoms with E-state index >= 15 is 0 Å². The van der Waals surface area contributed by atoms with Crippen LogP contribution in [0.1, 0.15) is 138 Å². The van der Waals surface area contributed by atoms with Crippen LogP contribution in [0.2, 0.25) is 0 Å². The molecule has 548 valence electrons. The highest BCUT2D eigenvalue weighted by Gasteiger charge is 2.52. The number of benzene rings is 6. The molecular formula is C76H82O27. The Morgan fingerprint density at radius 3 is 0.913 bits per heavy atom. The molecule has 4 aliphatic rings. The van der Waals surface area contributed by atoms with E-state index in [1.165, 1.54) is 123 Å². The lowest BCUT2D eigenvalue weighted by atomic mass is 10.1. The fourth-order valence-electron chi connectivity index (χ4n) is 9.80. The van der Waals surface area contributed by atoms with E-state index in [0.717, 1.165) is 12.8 Å². The highest BCUT2D eigenvalue weighted by Crippen LogP contribution is 2.34. The number of carboxylic acids is 1. The molecule has 27 nitrogen and oxygen atoms in total. The lowest BCUT2D eigenvalue weighted by molar-refractivity contribution is -0.135. The quantitative estimate of drug-likeness (QED) is 0.00929. The predicted octanol–water partition coefficient (Wildman–Crippen LogP) is 8.20. The van der Waals surface area contributed by atoms with Crippen molar-refractivity contribution < 1.29 is 131 Å². The molecule has 0 aromatic heterocycles. The van der Waals surface area contributed by atoms with E-state index in [1.807, 2.05) is 0 Å². The molecule has 4 fully saturated rings. The minimum absolute atomic E-state index is 0.0185. The van der Waals surface area contributed by atoms with E-state index in [9.17, 15) is 58.2 Å². The number of rotatable bonds is 27. The number of carboxylic acid groups (broad SMARTS) is 1. The summed E-state index contributed by atoms with van der Waals surface area (Å²) in [5.74, 6) is -3.70. The summed E-state index contributed by atoms with van der Waals surface area (Å²) in [6, 6.07) is 36.1. The van der Waals surface area contributed by atoms with Crippen molar-refractivity contribution in [1.29, 1.82) is 0 Å². The SMILES string of the molecule is C=CC(C)=O.C=CC(C)=O.O=C(CCCCCO)Oc1ccc(C(=O)O)cc1.O=C(CCCCCO)Oc1ccc(C(=O)Oc2ccc(C(=O)O[C@@H]3CO[C@H]4[C@@H]3OC[C@H]4OC(=O)c3ccc(CO)cc3)cc2)cc1.O=C(O[C@@H]1CO[C@H]2[C@@H]1OC[C@H]2OC(=O)c1ccc(CO)cc1)c1ccc(O)cc1. The van der Waals surface area contributed by atoms with Crippen LogP contribution in [0.25, 0.3) is 0 Å². The minimum Gasteiger partial charge on any atom is -0.508 e. The number of aromatic hydroxyl groups is 1. The third-order valence-corrected chi connectivity index (χ3v) is 15.4. The summed E-state index contributed by atoms with van der Waals surface area (Å²) in [7, 11) is 0. The number of aliphatic hydroxyl groups excluding tert-OH is 4. The van der Waals surface area contributed by atoms with Crippen LogP contribution < -0.4 is 14.2 Å². The molecule has 4 aliphatic heterocycles. The van der Waals surface area contributed by atoms with Crippen molar-refractivity contribution in [3.05, 3.63) is 215 Å². The number of unbranched alkanes of at least 4 members (excludes halogenated alkanes) is 4. The van der Waals surface area contributed by atoms with Gasteiger partial charge in [0.25, 0.3) is 0 Å². The van der Waals surface area contributed by atoms with Crippen molar-refractivity contribution in [2.24, 2.45) is 0 Å². The standard InChI is InChI=1S/C34H34O12.C21H20O8.C13H16O5.2C4H6O/c35-17-3-1-2-4-29(37)43-25-13-9-23(10-14-25)32(38)44-26-15-11-24(12-16-26)34(40)46-28-20-42-30-27(19-41-31(28)30)45-33(39)22-7-5-21(18-36)6-8-22;22-9-12-1-3-13(4-2-12)20(24)28-16-10-26-19-17(11-27-18(16)19)29-21(25)14-5-7-15(23)8-6-14;14-9-3-1-2-4-12(15)18-11-7-5-10(6-8-11)13(16)17;2*1-3-4(2)5/h5-16,27-28,30-31,35-36H,1-4,17-20H2;1-8,16-19,22-23H,9-11H2;5-8,14H,1-4,9H2,(H,16,17);2*3H,1H2,2H3/t27-,28-,30-,31-;16-,17-,18-,19-;;;/m11.../s1. The first-order chi connectivity index (χ1) is 49.6. The number of aromatic carboxylic acids is 1. The molecule has 8 atom stereocenters. The molecule has 6 N–H and O–H groups in total. The third kappa shape index (κ3) is 26.7. The molecule has 6 aromatic rings. The molecule has 0 radical (unpaired) electrons. The van der Waals surface area contributed by atoms with Crippen LogP contribution in [0.15, 0.2) is 171 Å². The maximum Gasteiger partial charge on any atom is 0.343 e. The number of ether oxygens (including phenoxy) is 11. The van der Waals surface area contributed by atoms with Crippen LogP contribution in [0.5, 0.6) is 23.0 Å². The van der Waals surface area contributed by atoms with E-state index in [0.29, 0.717) is 71.4 Å². The van der Waals surface area contributed by atoms with E-state index < -0.39 is 90.6 Å². The summed E-state index contributed by atoms with van der Waals surface area (Å²) in [6.07, 6.45) is 2.35. The van der Waals surface area contributed by atoms with E-state index in [2.05, 4.69) is 13.2 Å². The zero-order chi connectivity index (χ0) is 74.8. The van der Waals surface area contributed by atoms with Gasteiger partial charge in [0, 0.05) is 26.1 Å². The number of hydrogen-bond donors (Lipinski definition) is 6. The first-order valence-corrected chi connectivity index (χ1v) is 32.7. The molecular weight excluding hydrogens is 1340 g/mol. The Hall–Kier alpha value is -10.6. The van der Waals surface area contributed by atoms with Gasteiger partial charge in [0.15, 0.2) is 36.0 Å². The van der Waals surface area contributed by atoms with Gasteiger partial charge in [-0.05, 0) is 184 Å². The van der Waals surface area contributed by atoms with Crippen molar-refractivity contribution in [2.45, 2.75) is 127 Å². The van der Waals surface area contributed by atoms with Gasteiger partial charge in [0.1, 0.15) is 47.4 Å². The van der Waals surface area contributed by atoms with E-state index in [4.69, 9.17) is 72.5 Å². The van der Waals surface area contributed by atoms with Crippen LogP contribution in [-0.4, -0.2) is 178 Å². The van der Waals surface area contributed by atoms with Gasteiger partial charge in [-0.15, -0.1) is 0 Å². The van der Waals surface area contributed by atoms with Gasteiger partial charge in [-0.3, -0.25) is 19.2 Å². The molecule has 27 heteroatoms. The summed E-state index contributed by atoms with van der Waals surface area (Å²) in [6.45, 7) is 9.77. The Morgan fingerprint density at radius 2 is 0.641 bits per heavy atom. The van der Waals surface area contributed by atoms with Crippen LogP contribution in [0.3, 0.4) is 0 Å². The Balaban J connectivity index is 0.000000247. The molecule has 4 saturated heterocycles. The zero-order valence-electron chi connectivity index (χ0n) is 56.6. The predicted molar refractivity (Wildman–Crippen MR) is 364 cm³/mol. The maximum absolute atomic E-state index is 12.8. The molecule has 0 spiro atoms. The van der Waals surface area contributed by atoms with Crippen molar-refractivity contribution in [2.75, 3.05) is 39.6 Å². The Labute approximate surface area is 593 Å². The highest BCUT2D eigenvalue weighted by molar-refractivity contribution is 5.93. The number of phenolic OH excluding ortho intramolecular Hbond substituents is 1. The molecule has 6 aromatic carbocycles. The normalized spacial score (nSPS) is 18.5. The number of esters is 7. The summed E-state index contributed by atoms with van der Waals surface area (Å²) in [5.41, 5.74) is 2.97. The van der Waals surface area contributed by atoms with Gasteiger partial charge in [-0.1, -0.05) is 50.3 Å². The van der Waals surface area contributed by atoms with Crippen LogP contribution in [0.4, 0.5) is 0 Å². The van der Waals surface area contributed by atoms with Crippen molar-refractivity contribution >= 4 is 59.3 Å². The molecule has 10 rings (SSSR count). The maximum atomic E-state index is 12.8. The van der Waals surface area contributed by atoms with Crippen molar-refractivity contribution in [3.8, 4) is 23.0 Å². The fraction of sp³-hybridized carbons (Fsp3) is 0.342. The molecule has 0 aliphatic carbocycles. The average molecular weight is 1430 g/mol. The Bertz CT molecular complexity index is 3760. The van der Waals surface area contributed by atoms with Gasteiger partial charge in [0.2, 0.25) is 0 Å². The molecule has 103 heavy (non-hydrogen) atoms. The summed E-state index contributed by atoms with van der Waals surface area (Å²) in [5, 5.41) is 53.6. The third-order valence-electron chi connectivity index (χ3n) is 15.4.